The Morgan fingerprint density at radius 2 is 2.31 bits per heavy atom. The number of morpholine rings is 1. The minimum Gasteiger partial charge on any atom is -0.495 e. The minimum absolute atomic E-state index is 0.210. The van der Waals surface area contributed by atoms with Crippen LogP contribution in [0.1, 0.15) is 12.6 Å². The van der Waals surface area contributed by atoms with E-state index in [0.29, 0.717) is 30.1 Å². The molecule has 1 aliphatic heterocycles. The van der Waals surface area contributed by atoms with Gasteiger partial charge in [0, 0.05) is 29.9 Å². The Hall–Kier alpha value is -2.97. The lowest BCUT2D eigenvalue weighted by Crippen LogP contribution is -2.44. The molecule has 0 spiro atoms. The van der Waals surface area contributed by atoms with Gasteiger partial charge in [-0.15, -0.1) is 11.3 Å². The number of thiophene rings is 1. The van der Waals surface area contributed by atoms with Crippen LogP contribution < -0.4 is 15.4 Å². The van der Waals surface area contributed by atoms with Crippen molar-refractivity contribution in [3.05, 3.63) is 41.5 Å². The fourth-order valence-electron chi connectivity index (χ4n) is 3.58. The van der Waals surface area contributed by atoms with Crippen LogP contribution in [0.5, 0.6) is 5.75 Å². The molecule has 1 fully saturated rings. The molecule has 1 saturated heterocycles. The molecule has 3 aromatic heterocycles. The number of allylic oxidation sites excluding steroid dienone is 1. The SMILES string of the molecule is COc1ccsc1-c1cc(N2CCOCC2C)nc2c(/C(N)=C/C=N)nccc12. The maximum absolute atomic E-state index is 7.36. The van der Waals surface area contributed by atoms with Crippen molar-refractivity contribution < 1.29 is 9.47 Å². The Morgan fingerprint density at radius 3 is 3.07 bits per heavy atom. The molecule has 0 aromatic carbocycles. The van der Waals surface area contributed by atoms with E-state index in [1.54, 1.807) is 24.6 Å². The number of hydrogen-bond donors (Lipinski definition) is 2. The summed E-state index contributed by atoms with van der Waals surface area (Å²) < 4.78 is 11.2. The van der Waals surface area contributed by atoms with E-state index in [1.807, 2.05) is 17.5 Å². The highest BCUT2D eigenvalue weighted by atomic mass is 32.1. The average molecular weight is 410 g/mol. The van der Waals surface area contributed by atoms with Gasteiger partial charge in [0.1, 0.15) is 22.8 Å². The zero-order valence-electron chi connectivity index (χ0n) is 16.4. The topological polar surface area (TPSA) is 97.4 Å². The first-order valence-electron chi connectivity index (χ1n) is 9.36. The molecule has 3 aromatic rings. The molecule has 3 N–H and O–H groups in total. The molecular formula is C21H23N5O2S. The number of aromatic nitrogens is 2. The second kappa shape index (κ2) is 8.18. The number of nitrogens with two attached hydrogens (primary N) is 1. The molecular weight excluding hydrogens is 386 g/mol. The average Bonchev–Trinajstić information content (AvgIpc) is 3.21. The van der Waals surface area contributed by atoms with Gasteiger partial charge >= 0.3 is 0 Å². The third-order valence-corrected chi connectivity index (χ3v) is 5.94. The summed E-state index contributed by atoms with van der Waals surface area (Å²) >= 11 is 1.62. The number of nitrogens with one attached hydrogen (secondary N) is 1. The number of anilines is 1. The molecule has 1 aliphatic rings. The molecule has 4 heterocycles. The van der Waals surface area contributed by atoms with Crippen LogP contribution in [0.15, 0.2) is 35.9 Å². The lowest BCUT2D eigenvalue weighted by molar-refractivity contribution is 0.0986. The highest BCUT2D eigenvalue weighted by Gasteiger charge is 2.24. The van der Waals surface area contributed by atoms with Crippen molar-refractivity contribution in [3.8, 4) is 16.2 Å². The molecule has 0 bridgehead atoms. The predicted molar refractivity (Wildman–Crippen MR) is 118 cm³/mol. The maximum Gasteiger partial charge on any atom is 0.137 e. The largest absolute Gasteiger partial charge is 0.495 e. The van der Waals surface area contributed by atoms with Gasteiger partial charge in [0.2, 0.25) is 0 Å². The highest BCUT2D eigenvalue weighted by molar-refractivity contribution is 7.14. The Kier molecular flexibility index (Phi) is 5.46. The normalized spacial score (nSPS) is 17.5. The van der Waals surface area contributed by atoms with Crippen molar-refractivity contribution in [3.63, 3.8) is 0 Å². The third kappa shape index (κ3) is 3.56. The number of fused-ring (bicyclic) bond motifs is 1. The lowest BCUT2D eigenvalue weighted by atomic mass is 10.0. The van der Waals surface area contributed by atoms with Crippen LogP contribution in [0.2, 0.25) is 0 Å². The smallest absolute Gasteiger partial charge is 0.137 e. The van der Waals surface area contributed by atoms with Crippen molar-refractivity contribution in [2.24, 2.45) is 5.73 Å². The quantitative estimate of drug-likeness (QED) is 0.626. The molecule has 8 heteroatoms. The molecule has 0 radical (unpaired) electrons. The standard InChI is InChI=1S/C21H23N5O2S/c1-13-12-28-9-8-26(13)18-11-15(21-17(27-2)5-10-29-21)14-4-7-24-20(19(14)25-18)16(23)3-6-22/h3-7,10-11,13,22H,8-9,12,23H2,1-2H3/b16-3-,22-6?. The van der Waals surface area contributed by atoms with E-state index in [-0.39, 0.29) is 6.04 Å². The van der Waals surface area contributed by atoms with Gasteiger partial charge in [-0.3, -0.25) is 4.98 Å². The van der Waals surface area contributed by atoms with Gasteiger partial charge in [-0.25, -0.2) is 4.98 Å². The van der Waals surface area contributed by atoms with E-state index in [4.69, 9.17) is 25.6 Å². The third-order valence-electron chi connectivity index (χ3n) is 5.01. The van der Waals surface area contributed by atoms with Gasteiger partial charge in [0.25, 0.3) is 0 Å². The molecule has 7 nitrogen and oxygen atoms in total. The fourth-order valence-corrected chi connectivity index (χ4v) is 4.47. The second-order valence-electron chi connectivity index (χ2n) is 6.81. The molecule has 1 unspecified atom stereocenters. The predicted octanol–water partition coefficient (Wildman–Crippen LogP) is 3.54. The van der Waals surface area contributed by atoms with E-state index < -0.39 is 0 Å². The fraction of sp³-hybridized carbons (Fsp3) is 0.286. The molecule has 0 saturated carbocycles. The van der Waals surface area contributed by atoms with Crippen LogP contribution in [0.4, 0.5) is 5.82 Å². The second-order valence-corrected chi connectivity index (χ2v) is 7.72. The monoisotopic (exact) mass is 409 g/mol. The van der Waals surface area contributed by atoms with Crippen LogP contribution in [-0.4, -0.2) is 49.1 Å². The summed E-state index contributed by atoms with van der Waals surface area (Å²) in [6, 6.07) is 6.24. The van der Waals surface area contributed by atoms with Crippen LogP contribution >= 0.6 is 11.3 Å². The van der Waals surface area contributed by atoms with Crippen molar-refractivity contribution in [2.75, 3.05) is 31.8 Å². The number of rotatable bonds is 5. The first-order valence-corrected chi connectivity index (χ1v) is 10.2. The number of nitrogens with zero attached hydrogens (tertiary/aromatic N) is 3. The molecule has 0 aliphatic carbocycles. The van der Waals surface area contributed by atoms with E-state index in [2.05, 4.69) is 22.9 Å². The Labute approximate surface area is 173 Å². The van der Waals surface area contributed by atoms with Crippen LogP contribution in [0.25, 0.3) is 27.0 Å². The Morgan fingerprint density at radius 1 is 1.45 bits per heavy atom. The van der Waals surface area contributed by atoms with Gasteiger partial charge in [0.15, 0.2) is 0 Å². The van der Waals surface area contributed by atoms with Crippen molar-refractivity contribution in [2.45, 2.75) is 13.0 Å². The number of ether oxygens (including phenoxy) is 2. The molecule has 1 atom stereocenters. The number of hydrogen-bond acceptors (Lipinski definition) is 8. The van der Waals surface area contributed by atoms with Gasteiger partial charge in [-0.05, 0) is 36.6 Å². The number of pyridine rings is 2. The molecule has 0 amide bonds. The molecule has 4 rings (SSSR count). The van der Waals surface area contributed by atoms with Gasteiger partial charge in [-0.1, -0.05) is 0 Å². The summed E-state index contributed by atoms with van der Waals surface area (Å²) in [6.45, 7) is 4.22. The van der Waals surface area contributed by atoms with Crippen molar-refractivity contribution >= 4 is 40.0 Å². The van der Waals surface area contributed by atoms with E-state index in [9.17, 15) is 0 Å². The Balaban J connectivity index is 2.01. The summed E-state index contributed by atoms with van der Waals surface area (Å²) in [6.07, 6.45) is 4.41. The van der Waals surface area contributed by atoms with Crippen LogP contribution in [-0.2, 0) is 4.74 Å². The summed E-state index contributed by atoms with van der Waals surface area (Å²) in [4.78, 5) is 12.7. The van der Waals surface area contributed by atoms with Crippen LogP contribution in [0.3, 0.4) is 0 Å². The first kappa shape index (κ1) is 19.4. The van der Waals surface area contributed by atoms with E-state index in [1.165, 1.54) is 6.08 Å². The first-order chi connectivity index (χ1) is 14.1. The van der Waals surface area contributed by atoms with Gasteiger partial charge in [0.05, 0.1) is 36.9 Å². The lowest BCUT2D eigenvalue weighted by Gasteiger charge is -2.34. The summed E-state index contributed by atoms with van der Waals surface area (Å²) in [5.41, 5.74) is 8.93. The van der Waals surface area contributed by atoms with Gasteiger partial charge in [-0.2, -0.15) is 0 Å². The van der Waals surface area contributed by atoms with Gasteiger partial charge < -0.3 is 25.5 Å². The maximum atomic E-state index is 7.36. The zero-order chi connectivity index (χ0) is 20.4. The molecule has 150 valence electrons. The Bertz CT molecular complexity index is 1080. The summed E-state index contributed by atoms with van der Waals surface area (Å²) in [7, 11) is 1.68. The van der Waals surface area contributed by atoms with Crippen LogP contribution in [0, 0.1) is 5.41 Å². The van der Waals surface area contributed by atoms with Crippen molar-refractivity contribution in [1.82, 2.24) is 9.97 Å². The van der Waals surface area contributed by atoms with E-state index in [0.717, 1.165) is 40.2 Å². The number of methoxy groups -OCH3 is 1. The summed E-state index contributed by atoms with van der Waals surface area (Å²) in [5.74, 6) is 1.68. The zero-order valence-corrected chi connectivity index (χ0v) is 17.2. The van der Waals surface area contributed by atoms with E-state index >= 15 is 0 Å². The highest BCUT2D eigenvalue weighted by Crippen LogP contribution is 2.41. The molecule has 29 heavy (non-hydrogen) atoms. The minimum atomic E-state index is 0.210. The summed E-state index contributed by atoms with van der Waals surface area (Å²) in [5, 5.41) is 10.3. The van der Waals surface area contributed by atoms with Crippen molar-refractivity contribution in [1.29, 1.82) is 5.41 Å².